The summed E-state index contributed by atoms with van der Waals surface area (Å²) in [5.41, 5.74) is 1.90. The van der Waals surface area contributed by atoms with E-state index >= 15 is 0 Å². The van der Waals surface area contributed by atoms with E-state index in [1.807, 2.05) is 32.0 Å². The van der Waals surface area contributed by atoms with E-state index in [4.69, 9.17) is 4.74 Å². The van der Waals surface area contributed by atoms with Crippen molar-refractivity contribution in [2.75, 3.05) is 13.7 Å². The lowest BCUT2D eigenvalue weighted by Crippen LogP contribution is -2.15. The maximum absolute atomic E-state index is 11.4. The van der Waals surface area contributed by atoms with Crippen molar-refractivity contribution in [3.05, 3.63) is 40.7 Å². The Balaban J connectivity index is 2.59. The SMILES string of the molecule is COC(=O)/C(C(C)=O)=C(/O)CCCOc1ccc(C)cc1C. The number of aryl methyl sites for hydroxylation is 2. The lowest BCUT2D eigenvalue weighted by molar-refractivity contribution is -0.137. The van der Waals surface area contributed by atoms with E-state index in [2.05, 4.69) is 4.74 Å². The normalized spacial score (nSPS) is 11.6. The summed E-state index contributed by atoms with van der Waals surface area (Å²) in [4.78, 5) is 22.8. The highest BCUT2D eigenvalue weighted by Crippen LogP contribution is 2.19. The molecule has 0 aliphatic heterocycles. The van der Waals surface area contributed by atoms with Gasteiger partial charge in [0.1, 0.15) is 17.1 Å². The predicted molar refractivity (Wildman–Crippen MR) is 83.0 cm³/mol. The van der Waals surface area contributed by atoms with Crippen LogP contribution in [0, 0.1) is 13.8 Å². The van der Waals surface area contributed by atoms with Crippen LogP contribution in [0.25, 0.3) is 0 Å². The molecule has 22 heavy (non-hydrogen) atoms. The van der Waals surface area contributed by atoms with Crippen LogP contribution in [0.2, 0.25) is 0 Å². The molecule has 0 aliphatic rings. The summed E-state index contributed by atoms with van der Waals surface area (Å²) in [5.74, 6) is -0.808. The maximum atomic E-state index is 11.4. The molecule has 1 aromatic rings. The fourth-order valence-electron chi connectivity index (χ4n) is 2.07. The molecule has 5 nitrogen and oxygen atoms in total. The number of carbonyl (C=O) groups excluding carboxylic acids is 2. The van der Waals surface area contributed by atoms with Crippen molar-refractivity contribution in [1.82, 2.24) is 0 Å². The Bertz CT molecular complexity index is 587. The van der Waals surface area contributed by atoms with Gasteiger partial charge in [0.25, 0.3) is 0 Å². The quantitative estimate of drug-likeness (QED) is 0.209. The van der Waals surface area contributed by atoms with Gasteiger partial charge in [0.05, 0.1) is 13.7 Å². The van der Waals surface area contributed by atoms with Gasteiger partial charge in [0.15, 0.2) is 5.78 Å². The van der Waals surface area contributed by atoms with E-state index in [1.54, 1.807) is 0 Å². The average Bonchev–Trinajstić information content (AvgIpc) is 2.44. The van der Waals surface area contributed by atoms with Crippen LogP contribution in [-0.4, -0.2) is 30.6 Å². The van der Waals surface area contributed by atoms with Gasteiger partial charge in [-0.3, -0.25) is 4.79 Å². The molecule has 0 aliphatic carbocycles. The van der Waals surface area contributed by atoms with Crippen molar-refractivity contribution >= 4 is 11.8 Å². The minimum absolute atomic E-state index is 0.176. The average molecular weight is 306 g/mol. The Kier molecular flexibility index (Phi) is 6.63. The van der Waals surface area contributed by atoms with Gasteiger partial charge >= 0.3 is 5.97 Å². The second-order valence-electron chi connectivity index (χ2n) is 5.09. The summed E-state index contributed by atoms with van der Waals surface area (Å²) >= 11 is 0. The molecule has 0 unspecified atom stereocenters. The molecular weight excluding hydrogens is 284 g/mol. The zero-order chi connectivity index (χ0) is 16.7. The van der Waals surface area contributed by atoms with Gasteiger partial charge in [-0.15, -0.1) is 0 Å². The van der Waals surface area contributed by atoms with Gasteiger partial charge < -0.3 is 14.6 Å². The molecule has 1 aromatic carbocycles. The number of hydrogen-bond donors (Lipinski definition) is 1. The Morgan fingerprint density at radius 1 is 1.23 bits per heavy atom. The number of benzene rings is 1. The van der Waals surface area contributed by atoms with Crippen LogP contribution in [0.1, 0.15) is 30.9 Å². The largest absolute Gasteiger partial charge is 0.511 e. The molecule has 0 bridgehead atoms. The number of rotatable bonds is 7. The number of allylic oxidation sites excluding steroid dienone is 1. The lowest BCUT2D eigenvalue weighted by Gasteiger charge is -2.10. The molecule has 0 heterocycles. The minimum Gasteiger partial charge on any atom is -0.511 e. The highest BCUT2D eigenvalue weighted by molar-refractivity contribution is 6.16. The molecule has 120 valence electrons. The van der Waals surface area contributed by atoms with Gasteiger partial charge in [-0.2, -0.15) is 0 Å². The van der Waals surface area contributed by atoms with Crippen molar-refractivity contribution in [3.63, 3.8) is 0 Å². The Labute approximate surface area is 130 Å². The van der Waals surface area contributed by atoms with E-state index in [0.717, 1.165) is 16.9 Å². The standard InChI is InChI=1S/C17H22O5/c1-11-7-8-15(12(2)10-11)22-9-5-6-14(19)16(13(3)18)17(20)21-4/h7-8,10,19H,5-6,9H2,1-4H3/b16-14+. The number of ether oxygens (including phenoxy) is 2. The molecule has 0 amide bonds. The summed E-state index contributed by atoms with van der Waals surface area (Å²) in [6.45, 7) is 5.56. The fraction of sp³-hybridized carbons (Fsp3) is 0.412. The number of methoxy groups -OCH3 is 1. The van der Waals surface area contributed by atoms with Crippen molar-refractivity contribution in [2.45, 2.75) is 33.6 Å². The molecule has 0 radical (unpaired) electrons. The van der Waals surface area contributed by atoms with Gasteiger partial charge in [0.2, 0.25) is 0 Å². The van der Waals surface area contributed by atoms with E-state index in [9.17, 15) is 14.7 Å². The molecule has 0 spiro atoms. The molecule has 0 saturated heterocycles. The fourth-order valence-corrected chi connectivity index (χ4v) is 2.07. The second kappa shape index (κ2) is 8.22. The molecular formula is C17H22O5. The number of ketones is 1. The zero-order valence-electron chi connectivity index (χ0n) is 13.4. The monoisotopic (exact) mass is 306 g/mol. The smallest absolute Gasteiger partial charge is 0.344 e. The zero-order valence-corrected chi connectivity index (χ0v) is 13.4. The number of carbonyl (C=O) groups is 2. The van der Waals surface area contributed by atoms with E-state index in [0.29, 0.717) is 13.0 Å². The first kappa shape index (κ1) is 17.8. The summed E-state index contributed by atoms with van der Waals surface area (Å²) in [6.07, 6.45) is 0.655. The summed E-state index contributed by atoms with van der Waals surface area (Å²) in [7, 11) is 1.17. The van der Waals surface area contributed by atoms with Crippen LogP contribution in [0.4, 0.5) is 0 Å². The summed E-state index contributed by atoms with van der Waals surface area (Å²) < 4.78 is 10.1. The van der Waals surface area contributed by atoms with Gasteiger partial charge in [-0.25, -0.2) is 4.79 Å². The van der Waals surface area contributed by atoms with E-state index in [-0.39, 0.29) is 17.8 Å². The number of aliphatic hydroxyl groups is 1. The van der Waals surface area contributed by atoms with E-state index < -0.39 is 11.8 Å². The Morgan fingerprint density at radius 3 is 2.45 bits per heavy atom. The first-order valence-corrected chi connectivity index (χ1v) is 7.08. The molecule has 0 aromatic heterocycles. The van der Waals surface area contributed by atoms with Crippen LogP contribution in [0.3, 0.4) is 0 Å². The first-order valence-electron chi connectivity index (χ1n) is 7.08. The third-order valence-electron chi connectivity index (χ3n) is 3.18. The van der Waals surface area contributed by atoms with Crippen LogP contribution < -0.4 is 4.74 Å². The number of esters is 1. The Morgan fingerprint density at radius 2 is 1.91 bits per heavy atom. The highest BCUT2D eigenvalue weighted by atomic mass is 16.5. The number of aliphatic hydroxyl groups excluding tert-OH is 1. The number of hydrogen-bond acceptors (Lipinski definition) is 5. The van der Waals surface area contributed by atoms with Crippen LogP contribution in [0.5, 0.6) is 5.75 Å². The minimum atomic E-state index is -0.819. The molecule has 5 heteroatoms. The van der Waals surface area contributed by atoms with Crippen molar-refractivity contribution in [2.24, 2.45) is 0 Å². The number of Topliss-reactive ketones (excluding diaryl/α,β-unsaturated/α-hetero) is 1. The molecule has 1 rings (SSSR count). The topological polar surface area (TPSA) is 72.8 Å². The Hall–Kier alpha value is -2.30. The summed E-state index contributed by atoms with van der Waals surface area (Å²) in [5, 5.41) is 9.87. The molecule has 0 atom stereocenters. The second-order valence-corrected chi connectivity index (χ2v) is 5.09. The van der Waals surface area contributed by atoms with Crippen LogP contribution in [-0.2, 0) is 14.3 Å². The van der Waals surface area contributed by atoms with Gasteiger partial charge in [-0.05, 0) is 38.8 Å². The van der Waals surface area contributed by atoms with Crippen LogP contribution >= 0.6 is 0 Å². The van der Waals surface area contributed by atoms with Gasteiger partial charge in [-0.1, -0.05) is 17.7 Å². The third-order valence-corrected chi connectivity index (χ3v) is 3.18. The highest BCUT2D eigenvalue weighted by Gasteiger charge is 2.20. The third kappa shape index (κ3) is 4.91. The maximum Gasteiger partial charge on any atom is 0.344 e. The molecule has 0 saturated carbocycles. The summed E-state index contributed by atoms with van der Waals surface area (Å²) in [6, 6.07) is 5.89. The van der Waals surface area contributed by atoms with Crippen molar-refractivity contribution in [3.8, 4) is 5.75 Å². The predicted octanol–water partition coefficient (Wildman–Crippen LogP) is 3.04. The van der Waals surface area contributed by atoms with Crippen molar-refractivity contribution in [1.29, 1.82) is 0 Å². The molecule has 0 fully saturated rings. The molecule has 1 N–H and O–H groups in total. The van der Waals surface area contributed by atoms with Gasteiger partial charge in [0, 0.05) is 6.42 Å². The lowest BCUT2D eigenvalue weighted by atomic mass is 10.1. The van der Waals surface area contributed by atoms with E-state index in [1.165, 1.54) is 14.0 Å². The van der Waals surface area contributed by atoms with Crippen molar-refractivity contribution < 1.29 is 24.2 Å². The first-order chi connectivity index (χ1) is 10.4. The van der Waals surface area contributed by atoms with Crippen LogP contribution in [0.15, 0.2) is 29.5 Å².